The molecule has 0 saturated heterocycles. The molecule has 0 spiro atoms. The second-order valence-corrected chi connectivity index (χ2v) is 7.23. The Bertz CT molecular complexity index is 690. The van der Waals surface area contributed by atoms with Crippen LogP contribution in [0.5, 0.6) is 0 Å². The summed E-state index contributed by atoms with van der Waals surface area (Å²) < 4.78 is 1.97. The van der Waals surface area contributed by atoms with Crippen LogP contribution in [0.2, 0.25) is 5.02 Å². The second kappa shape index (κ2) is 7.99. The standard InChI is InChI=1S/C18H23ClN4S/c1-13-11-17(21-18(24)20-16-5-3-2-4-6-16)22-23(13)12-14-7-9-15(19)10-8-14/h7-11,16H,2-6,12H2,1H3,(H2,20,21,22,24). The van der Waals surface area contributed by atoms with Crippen LogP contribution in [-0.2, 0) is 6.54 Å². The van der Waals surface area contributed by atoms with E-state index < -0.39 is 0 Å². The fourth-order valence-electron chi connectivity index (χ4n) is 3.08. The van der Waals surface area contributed by atoms with Crippen LogP contribution in [0, 0.1) is 6.92 Å². The van der Waals surface area contributed by atoms with Gasteiger partial charge in [-0.15, -0.1) is 0 Å². The predicted octanol–water partition coefficient (Wildman–Crippen LogP) is 4.51. The molecule has 0 unspecified atom stereocenters. The summed E-state index contributed by atoms with van der Waals surface area (Å²) in [6.45, 7) is 2.76. The highest BCUT2D eigenvalue weighted by molar-refractivity contribution is 7.80. The van der Waals surface area contributed by atoms with E-state index in [0.29, 0.717) is 17.7 Å². The highest BCUT2D eigenvalue weighted by Gasteiger charge is 2.14. The number of aromatic nitrogens is 2. The molecule has 2 aromatic rings. The Morgan fingerprint density at radius 1 is 1.25 bits per heavy atom. The third-order valence-electron chi connectivity index (χ3n) is 4.41. The van der Waals surface area contributed by atoms with Gasteiger partial charge >= 0.3 is 0 Å². The Kier molecular flexibility index (Phi) is 5.74. The van der Waals surface area contributed by atoms with Crippen molar-refractivity contribution in [3.05, 3.63) is 46.6 Å². The quantitative estimate of drug-likeness (QED) is 0.785. The Labute approximate surface area is 153 Å². The zero-order chi connectivity index (χ0) is 16.9. The summed E-state index contributed by atoms with van der Waals surface area (Å²) in [7, 11) is 0. The molecular weight excluding hydrogens is 340 g/mol. The predicted molar refractivity (Wildman–Crippen MR) is 104 cm³/mol. The van der Waals surface area contributed by atoms with Crippen LogP contribution in [0.1, 0.15) is 43.4 Å². The van der Waals surface area contributed by atoms with Gasteiger partial charge in [0.15, 0.2) is 10.9 Å². The molecule has 2 N–H and O–H groups in total. The molecule has 4 nitrogen and oxygen atoms in total. The molecule has 1 aromatic carbocycles. The summed E-state index contributed by atoms with van der Waals surface area (Å²) in [5, 5.41) is 12.6. The van der Waals surface area contributed by atoms with Crippen molar-refractivity contribution >= 4 is 34.7 Å². The van der Waals surface area contributed by atoms with Crippen molar-refractivity contribution in [1.82, 2.24) is 15.1 Å². The highest BCUT2D eigenvalue weighted by atomic mass is 35.5. The minimum atomic E-state index is 0.496. The maximum absolute atomic E-state index is 5.93. The summed E-state index contributed by atoms with van der Waals surface area (Å²) >= 11 is 11.4. The Hall–Kier alpha value is -1.59. The number of anilines is 1. The molecule has 24 heavy (non-hydrogen) atoms. The van der Waals surface area contributed by atoms with Crippen molar-refractivity contribution in [2.75, 3.05) is 5.32 Å². The summed E-state index contributed by atoms with van der Waals surface area (Å²) in [5.74, 6) is 0.787. The van der Waals surface area contributed by atoms with E-state index in [2.05, 4.69) is 15.7 Å². The maximum atomic E-state index is 5.93. The number of benzene rings is 1. The molecule has 1 heterocycles. The van der Waals surface area contributed by atoms with Crippen molar-refractivity contribution in [3.63, 3.8) is 0 Å². The van der Waals surface area contributed by atoms with Gasteiger partial charge in [-0.05, 0) is 49.7 Å². The first-order chi connectivity index (χ1) is 11.6. The van der Waals surface area contributed by atoms with Gasteiger partial charge in [-0.2, -0.15) is 5.10 Å². The minimum Gasteiger partial charge on any atom is -0.360 e. The first-order valence-corrected chi connectivity index (χ1v) is 9.25. The number of thiocarbonyl (C=S) groups is 1. The van der Waals surface area contributed by atoms with Crippen molar-refractivity contribution < 1.29 is 0 Å². The van der Waals surface area contributed by atoms with Gasteiger partial charge in [-0.1, -0.05) is 43.0 Å². The molecule has 1 saturated carbocycles. The zero-order valence-electron chi connectivity index (χ0n) is 13.9. The summed E-state index contributed by atoms with van der Waals surface area (Å²) in [4.78, 5) is 0. The van der Waals surface area contributed by atoms with Gasteiger partial charge in [-0.25, -0.2) is 0 Å². The molecule has 0 radical (unpaired) electrons. The number of hydrogen-bond acceptors (Lipinski definition) is 2. The Balaban J connectivity index is 1.58. The topological polar surface area (TPSA) is 41.9 Å². The molecule has 128 valence electrons. The van der Waals surface area contributed by atoms with Crippen molar-refractivity contribution in [3.8, 4) is 0 Å². The molecule has 0 bridgehead atoms. The molecule has 1 aliphatic carbocycles. The molecule has 1 aromatic heterocycles. The maximum Gasteiger partial charge on any atom is 0.172 e. The lowest BCUT2D eigenvalue weighted by Crippen LogP contribution is -2.38. The SMILES string of the molecule is Cc1cc(NC(=S)NC2CCCCC2)nn1Cc1ccc(Cl)cc1. The molecule has 3 rings (SSSR count). The van der Waals surface area contributed by atoms with Crippen LogP contribution in [0.3, 0.4) is 0 Å². The molecule has 6 heteroatoms. The second-order valence-electron chi connectivity index (χ2n) is 6.39. The number of hydrogen-bond donors (Lipinski definition) is 2. The lowest BCUT2D eigenvalue weighted by molar-refractivity contribution is 0.415. The largest absolute Gasteiger partial charge is 0.360 e. The number of nitrogens with zero attached hydrogens (tertiary/aromatic N) is 2. The van der Waals surface area contributed by atoms with Crippen molar-refractivity contribution in [2.24, 2.45) is 0 Å². The van der Waals surface area contributed by atoms with E-state index in [-0.39, 0.29) is 0 Å². The normalized spacial score (nSPS) is 15.2. The van der Waals surface area contributed by atoms with Crippen LogP contribution >= 0.6 is 23.8 Å². The molecule has 0 atom stereocenters. The number of aryl methyl sites for hydroxylation is 1. The third-order valence-corrected chi connectivity index (χ3v) is 4.88. The van der Waals surface area contributed by atoms with Gasteiger partial charge in [0.1, 0.15) is 0 Å². The van der Waals surface area contributed by atoms with Crippen molar-refractivity contribution in [1.29, 1.82) is 0 Å². The third kappa shape index (κ3) is 4.71. The Morgan fingerprint density at radius 2 is 1.96 bits per heavy atom. The van der Waals surface area contributed by atoms with Gasteiger partial charge < -0.3 is 10.6 Å². The van der Waals surface area contributed by atoms with Crippen LogP contribution in [0.15, 0.2) is 30.3 Å². The van der Waals surface area contributed by atoms with E-state index >= 15 is 0 Å². The van der Waals surface area contributed by atoms with E-state index in [1.165, 1.54) is 37.7 Å². The number of rotatable bonds is 4. The first-order valence-electron chi connectivity index (χ1n) is 8.46. The number of nitrogens with one attached hydrogen (secondary N) is 2. The molecule has 1 fully saturated rings. The van der Waals surface area contributed by atoms with E-state index in [1.807, 2.05) is 41.9 Å². The van der Waals surface area contributed by atoms with E-state index in [1.54, 1.807) is 0 Å². The molecule has 0 aliphatic heterocycles. The lowest BCUT2D eigenvalue weighted by atomic mass is 9.96. The average Bonchev–Trinajstić information content (AvgIpc) is 2.89. The minimum absolute atomic E-state index is 0.496. The lowest BCUT2D eigenvalue weighted by Gasteiger charge is -2.24. The first kappa shape index (κ1) is 17.2. The monoisotopic (exact) mass is 362 g/mol. The van der Waals surface area contributed by atoms with Crippen LogP contribution < -0.4 is 10.6 Å². The van der Waals surface area contributed by atoms with Gasteiger partial charge in [0.25, 0.3) is 0 Å². The zero-order valence-corrected chi connectivity index (χ0v) is 15.5. The van der Waals surface area contributed by atoms with E-state index in [9.17, 15) is 0 Å². The van der Waals surface area contributed by atoms with Crippen LogP contribution in [0.4, 0.5) is 5.82 Å². The summed E-state index contributed by atoms with van der Waals surface area (Å²) in [6.07, 6.45) is 6.31. The molecule has 1 aliphatic rings. The van der Waals surface area contributed by atoms with Crippen molar-refractivity contribution in [2.45, 2.75) is 51.6 Å². The van der Waals surface area contributed by atoms with E-state index in [4.69, 9.17) is 23.8 Å². The van der Waals surface area contributed by atoms with Gasteiger partial charge in [-0.3, -0.25) is 4.68 Å². The van der Waals surface area contributed by atoms with Gasteiger partial charge in [0, 0.05) is 22.8 Å². The number of halogens is 1. The van der Waals surface area contributed by atoms with Gasteiger partial charge in [0.05, 0.1) is 6.54 Å². The summed E-state index contributed by atoms with van der Waals surface area (Å²) in [6, 6.07) is 10.4. The average molecular weight is 363 g/mol. The van der Waals surface area contributed by atoms with Gasteiger partial charge in [0.2, 0.25) is 0 Å². The van der Waals surface area contributed by atoms with Crippen LogP contribution in [0.25, 0.3) is 0 Å². The molecular formula is C18H23ClN4S. The Morgan fingerprint density at radius 3 is 2.67 bits per heavy atom. The highest BCUT2D eigenvalue weighted by Crippen LogP contribution is 2.18. The fourth-order valence-corrected chi connectivity index (χ4v) is 3.48. The molecule has 0 amide bonds. The smallest absolute Gasteiger partial charge is 0.172 e. The fraction of sp³-hybridized carbons (Fsp3) is 0.444. The van der Waals surface area contributed by atoms with E-state index in [0.717, 1.165) is 16.5 Å². The van der Waals surface area contributed by atoms with Crippen LogP contribution in [-0.4, -0.2) is 20.9 Å². The summed E-state index contributed by atoms with van der Waals surface area (Å²) in [5.41, 5.74) is 2.26.